The minimum absolute atomic E-state index is 0.163. The molecule has 0 unspecified atom stereocenters. The Kier molecular flexibility index (Phi) is 2.72. The first-order valence-electron chi connectivity index (χ1n) is 4.45. The molecule has 2 rings (SSSR count). The molecule has 0 atom stereocenters. The molecule has 0 aromatic carbocycles. The highest BCUT2D eigenvalue weighted by Gasteiger charge is 2.32. The average Bonchev–Trinajstić information content (AvgIpc) is 2.82. The SMILES string of the molecule is CN1C(=O)S/C(=C/c2ccc([N+](=O)[O-])o2)C1=O. The molecule has 1 fully saturated rings. The smallest absolute Gasteiger partial charge is 0.401 e. The van der Waals surface area contributed by atoms with Gasteiger partial charge in [-0.3, -0.25) is 24.6 Å². The minimum atomic E-state index is -0.678. The molecule has 1 saturated heterocycles. The van der Waals surface area contributed by atoms with Crippen molar-refractivity contribution in [3.8, 4) is 0 Å². The van der Waals surface area contributed by atoms with Crippen LogP contribution < -0.4 is 0 Å². The summed E-state index contributed by atoms with van der Waals surface area (Å²) in [7, 11) is 1.36. The van der Waals surface area contributed by atoms with E-state index >= 15 is 0 Å². The number of carbonyl (C=O) groups excluding carboxylic acids is 2. The highest BCUT2D eigenvalue weighted by molar-refractivity contribution is 8.18. The minimum Gasteiger partial charge on any atom is -0.401 e. The van der Waals surface area contributed by atoms with E-state index in [1.807, 2.05) is 0 Å². The molecule has 0 bridgehead atoms. The number of imide groups is 1. The number of likely N-dealkylation sites (N-methyl/N-ethyl adjacent to an activating group) is 1. The molecule has 0 aliphatic carbocycles. The van der Waals surface area contributed by atoms with Gasteiger partial charge < -0.3 is 4.42 Å². The summed E-state index contributed by atoms with van der Waals surface area (Å²) in [5, 5.41) is 9.99. The van der Waals surface area contributed by atoms with Crippen molar-refractivity contribution >= 4 is 34.9 Å². The van der Waals surface area contributed by atoms with Crippen molar-refractivity contribution in [2.45, 2.75) is 0 Å². The van der Waals surface area contributed by atoms with E-state index in [1.165, 1.54) is 25.3 Å². The van der Waals surface area contributed by atoms with Crippen molar-refractivity contribution in [3.05, 3.63) is 32.9 Å². The summed E-state index contributed by atoms with van der Waals surface area (Å²) in [6, 6.07) is 2.55. The molecule has 0 radical (unpaired) electrons. The molecule has 1 aromatic rings. The van der Waals surface area contributed by atoms with E-state index in [2.05, 4.69) is 0 Å². The Morgan fingerprint density at radius 2 is 2.18 bits per heavy atom. The van der Waals surface area contributed by atoms with Crippen LogP contribution in [0.25, 0.3) is 6.08 Å². The fourth-order valence-corrected chi connectivity index (χ4v) is 2.00. The number of carbonyl (C=O) groups is 2. The molecule has 0 spiro atoms. The summed E-state index contributed by atoms with van der Waals surface area (Å²) in [6.45, 7) is 0. The summed E-state index contributed by atoms with van der Waals surface area (Å²) in [5.74, 6) is -0.693. The van der Waals surface area contributed by atoms with Crippen LogP contribution in [0.2, 0.25) is 0 Å². The first kappa shape index (κ1) is 11.4. The van der Waals surface area contributed by atoms with Crippen LogP contribution in [0.15, 0.2) is 21.5 Å². The van der Waals surface area contributed by atoms with Crippen LogP contribution in [0.3, 0.4) is 0 Å². The van der Waals surface area contributed by atoms with Gasteiger partial charge in [-0.1, -0.05) is 0 Å². The van der Waals surface area contributed by atoms with E-state index in [-0.39, 0.29) is 15.9 Å². The van der Waals surface area contributed by atoms with E-state index in [4.69, 9.17) is 4.42 Å². The van der Waals surface area contributed by atoms with Gasteiger partial charge in [-0.15, -0.1) is 0 Å². The highest BCUT2D eigenvalue weighted by Crippen LogP contribution is 2.31. The lowest BCUT2D eigenvalue weighted by Gasteiger charge is -2.00. The second-order valence-electron chi connectivity index (χ2n) is 3.17. The second-order valence-corrected chi connectivity index (χ2v) is 4.17. The lowest BCUT2D eigenvalue weighted by Crippen LogP contribution is -2.22. The largest absolute Gasteiger partial charge is 0.433 e. The van der Waals surface area contributed by atoms with E-state index in [1.54, 1.807) is 0 Å². The van der Waals surface area contributed by atoms with Gasteiger partial charge in [0.1, 0.15) is 10.7 Å². The monoisotopic (exact) mass is 254 g/mol. The third kappa shape index (κ3) is 2.07. The lowest BCUT2D eigenvalue weighted by atomic mass is 10.4. The van der Waals surface area contributed by atoms with Gasteiger partial charge in [0.15, 0.2) is 0 Å². The zero-order chi connectivity index (χ0) is 12.6. The fourth-order valence-electron chi connectivity index (χ4n) is 1.19. The van der Waals surface area contributed by atoms with Gasteiger partial charge in [-0.25, -0.2) is 0 Å². The summed E-state index contributed by atoms with van der Waals surface area (Å²) >= 11 is 0.763. The predicted molar refractivity (Wildman–Crippen MR) is 59.1 cm³/mol. The molecular weight excluding hydrogens is 248 g/mol. The average molecular weight is 254 g/mol. The molecule has 88 valence electrons. The number of rotatable bonds is 2. The standard InChI is InChI=1S/C9H6N2O5S/c1-10-8(12)6(17-9(10)13)4-5-2-3-7(16-5)11(14)15/h2-4H,1H3/b6-4+. The molecule has 2 amide bonds. The normalized spacial score (nSPS) is 18.2. The van der Waals surface area contributed by atoms with Crippen molar-refractivity contribution in [3.63, 3.8) is 0 Å². The quantitative estimate of drug-likeness (QED) is 0.454. The van der Waals surface area contributed by atoms with Gasteiger partial charge in [0, 0.05) is 13.1 Å². The molecule has 7 nitrogen and oxygen atoms in total. The van der Waals surface area contributed by atoms with Crippen molar-refractivity contribution in [1.82, 2.24) is 4.90 Å². The first-order valence-corrected chi connectivity index (χ1v) is 5.26. The van der Waals surface area contributed by atoms with Crippen LogP contribution in [0.5, 0.6) is 0 Å². The van der Waals surface area contributed by atoms with E-state index in [0.29, 0.717) is 0 Å². The third-order valence-electron chi connectivity index (χ3n) is 2.05. The van der Waals surface area contributed by atoms with E-state index in [0.717, 1.165) is 16.7 Å². The lowest BCUT2D eigenvalue weighted by molar-refractivity contribution is -0.402. The molecule has 0 N–H and O–H groups in total. The Morgan fingerprint density at radius 3 is 2.65 bits per heavy atom. The van der Waals surface area contributed by atoms with Crippen molar-refractivity contribution in [2.24, 2.45) is 0 Å². The second kappa shape index (κ2) is 4.06. The predicted octanol–water partition coefficient (Wildman–Crippen LogP) is 1.85. The van der Waals surface area contributed by atoms with Gasteiger partial charge in [0.05, 0.1) is 11.0 Å². The van der Waals surface area contributed by atoms with Crippen LogP contribution in [-0.4, -0.2) is 28.0 Å². The third-order valence-corrected chi connectivity index (χ3v) is 3.01. The Labute approximate surface area is 99.2 Å². The molecule has 1 aliphatic heterocycles. The number of hydrogen-bond donors (Lipinski definition) is 0. The number of nitrogens with zero attached hydrogens (tertiary/aromatic N) is 2. The Bertz CT molecular complexity index is 547. The van der Waals surface area contributed by atoms with Crippen molar-refractivity contribution in [1.29, 1.82) is 0 Å². The van der Waals surface area contributed by atoms with Crippen molar-refractivity contribution < 1.29 is 18.9 Å². The highest BCUT2D eigenvalue weighted by atomic mass is 32.2. The molecule has 1 aromatic heterocycles. The van der Waals surface area contributed by atoms with Crippen LogP contribution in [-0.2, 0) is 4.79 Å². The molecule has 8 heteroatoms. The molecular formula is C9H6N2O5S. The number of amides is 2. The van der Waals surface area contributed by atoms with Crippen LogP contribution in [0.1, 0.15) is 5.76 Å². The summed E-state index contributed by atoms with van der Waals surface area (Å²) in [5.41, 5.74) is 0. The van der Waals surface area contributed by atoms with Crippen LogP contribution >= 0.6 is 11.8 Å². The number of thioether (sulfide) groups is 1. The maximum atomic E-state index is 11.5. The van der Waals surface area contributed by atoms with Crippen LogP contribution in [0, 0.1) is 10.1 Å². The Balaban J connectivity index is 2.28. The molecule has 2 heterocycles. The maximum absolute atomic E-state index is 11.5. The first-order chi connectivity index (χ1) is 7.99. The summed E-state index contributed by atoms with van der Waals surface area (Å²) in [4.78, 5) is 33.5. The molecule has 1 aliphatic rings. The zero-order valence-electron chi connectivity index (χ0n) is 8.58. The topological polar surface area (TPSA) is 93.7 Å². The number of hydrogen-bond acceptors (Lipinski definition) is 6. The Morgan fingerprint density at radius 1 is 1.47 bits per heavy atom. The number of furan rings is 1. The van der Waals surface area contributed by atoms with E-state index in [9.17, 15) is 19.7 Å². The van der Waals surface area contributed by atoms with Gasteiger partial charge in [0.2, 0.25) is 0 Å². The van der Waals surface area contributed by atoms with E-state index < -0.39 is 16.7 Å². The zero-order valence-corrected chi connectivity index (χ0v) is 9.39. The number of nitro groups is 1. The van der Waals surface area contributed by atoms with Gasteiger partial charge in [-0.2, -0.15) is 0 Å². The molecule has 17 heavy (non-hydrogen) atoms. The van der Waals surface area contributed by atoms with Gasteiger partial charge in [0.25, 0.3) is 11.1 Å². The molecule has 0 saturated carbocycles. The van der Waals surface area contributed by atoms with Gasteiger partial charge in [-0.05, 0) is 17.8 Å². The van der Waals surface area contributed by atoms with Crippen molar-refractivity contribution in [2.75, 3.05) is 7.05 Å². The maximum Gasteiger partial charge on any atom is 0.433 e. The van der Waals surface area contributed by atoms with Gasteiger partial charge >= 0.3 is 5.88 Å². The fraction of sp³-hybridized carbons (Fsp3) is 0.111. The summed E-state index contributed by atoms with van der Waals surface area (Å²) in [6.07, 6.45) is 1.31. The van der Waals surface area contributed by atoms with Crippen LogP contribution in [0.4, 0.5) is 10.7 Å². The Hall–Kier alpha value is -2.09. The summed E-state index contributed by atoms with van der Waals surface area (Å²) < 4.78 is 4.85.